The first kappa shape index (κ1) is 19.3. The smallest absolute Gasteiger partial charge is 0.348 e. The van der Waals surface area contributed by atoms with Crippen LogP contribution < -0.4 is 14.8 Å². The quantitative estimate of drug-likeness (QED) is 0.733. The Bertz CT molecular complexity index is 715. The van der Waals surface area contributed by atoms with Gasteiger partial charge in [-0.05, 0) is 49.7 Å². The number of nitrogens with one attached hydrogen (secondary N) is 1. The molecule has 0 fully saturated rings. The van der Waals surface area contributed by atoms with Crippen molar-refractivity contribution in [2.45, 2.75) is 32.5 Å². The normalized spacial score (nSPS) is 12.6. The van der Waals surface area contributed by atoms with Gasteiger partial charge in [-0.3, -0.25) is 4.79 Å². The highest BCUT2D eigenvalue weighted by Crippen LogP contribution is 2.16. The molecule has 0 aliphatic heterocycles. The fourth-order valence-electron chi connectivity index (χ4n) is 2.18. The molecule has 0 spiro atoms. The second-order valence-electron chi connectivity index (χ2n) is 5.62. The summed E-state index contributed by atoms with van der Waals surface area (Å²) in [6, 6.07) is 15.9. The van der Waals surface area contributed by atoms with Crippen molar-refractivity contribution in [2.24, 2.45) is 0 Å². The maximum Gasteiger partial charge on any atom is 0.348 e. The van der Waals surface area contributed by atoms with Crippen LogP contribution in [-0.2, 0) is 14.3 Å². The van der Waals surface area contributed by atoms with Crippen LogP contribution in [0, 0.1) is 0 Å². The summed E-state index contributed by atoms with van der Waals surface area (Å²) in [6.07, 6.45) is -1.28. The Morgan fingerprint density at radius 2 is 1.65 bits per heavy atom. The van der Waals surface area contributed by atoms with Gasteiger partial charge in [-0.15, -0.1) is 0 Å². The Morgan fingerprint density at radius 1 is 1.00 bits per heavy atom. The molecule has 138 valence electrons. The van der Waals surface area contributed by atoms with Gasteiger partial charge in [0.1, 0.15) is 11.5 Å². The molecule has 2 aromatic carbocycles. The van der Waals surface area contributed by atoms with E-state index in [-0.39, 0.29) is 0 Å². The highest BCUT2D eigenvalue weighted by molar-refractivity contribution is 5.95. The molecule has 0 aromatic heterocycles. The van der Waals surface area contributed by atoms with Gasteiger partial charge in [0.2, 0.25) is 0 Å². The predicted molar refractivity (Wildman–Crippen MR) is 98.3 cm³/mol. The molecular formula is C20H23NO5. The summed E-state index contributed by atoms with van der Waals surface area (Å²) in [5.74, 6) is 0.268. The number of rotatable bonds is 8. The molecule has 26 heavy (non-hydrogen) atoms. The Hall–Kier alpha value is -3.02. The van der Waals surface area contributed by atoms with E-state index < -0.39 is 24.1 Å². The molecule has 0 radical (unpaired) electrons. The van der Waals surface area contributed by atoms with Crippen LogP contribution in [0.1, 0.15) is 20.3 Å². The van der Waals surface area contributed by atoms with E-state index in [9.17, 15) is 9.59 Å². The summed E-state index contributed by atoms with van der Waals surface area (Å²) in [5, 5.41) is 2.69. The average molecular weight is 357 g/mol. The van der Waals surface area contributed by atoms with Crippen molar-refractivity contribution in [3.8, 4) is 11.5 Å². The average Bonchev–Trinajstić information content (AvgIpc) is 2.67. The van der Waals surface area contributed by atoms with E-state index in [4.69, 9.17) is 14.2 Å². The largest absolute Gasteiger partial charge is 0.497 e. The van der Waals surface area contributed by atoms with Gasteiger partial charge in [-0.25, -0.2) is 4.79 Å². The number of esters is 1. The molecule has 1 amide bonds. The number of hydrogen-bond donors (Lipinski definition) is 1. The number of methoxy groups -OCH3 is 1. The highest BCUT2D eigenvalue weighted by atomic mass is 16.6. The Balaban J connectivity index is 1.90. The summed E-state index contributed by atoms with van der Waals surface area (Å²) in [7, 11) is 1.57. The van der Waals surface area contributed by atoms with E-state index in [0.29, 0.717) is 23.6 Å². The van der Waals surface area contributed by atoms with Crippen LogP contribution in [0.2, 0.25) is 0 Å². The van der Waals surface area contributed by atoms with E-state index in [0.717, 1.165) is 0 Å². The first-order valence-corrected chi connectivity index (χ1v) is 8.40. The number of amides is 1. The number of ether oxygens (including phenoxy) is 3. The van der Waals surface area contributed by atoms with Gasteiger partial charge < -0.3 is 19.5 Å². The van der Waals surface area contributed by atoms with Crippen molar-refractivity contribution >= 4 is 17.6 Å². The lowest BCUT2D eigenvalue weighted by molar-refractivity contribution is -0.160. The third-order valence-electron chi connectivity index (χ3n) is 3.67. The van der Waals surface area contributed by atoms with Crippen LogP contribution in [0.4, 0.5) is 5.69 Å². The van der Waals surface area contributed by atoms with Crippen molar-refractivity contribution in [3.05, 3.63) is 54.6 Å². The van der Waals surface area contributed by atoms with E-state index in [2.05, 4.69) is 5.32 Å². The zero-order valence-corrected chi connectivity index (χ0v) is 15.1. The van der Waals surface area contributed by atoms with Crippen LogP contribution >= 0.6 is 0 Å². The molecule has 0 bridgehead atoms. The standard InChI is InChI=1S/C20H23NO5/c1-4-18(26-17-8-6-5-7-9-17)20(23)25-14(2)19(22)21-15-10-12-16(24-3)13-11-15/h5-14,18H,4H2,1-3H3,(H,21,22)/t14-,18-/m1/s1. The third kappa shape index (κ3) is 5.51. The van der Waals surface area contributed by atoms with Gasteiger partial charge >= 0.3 is 5.97 Å². The summed E-state index contributed by atoms with van der Waals surface area (Å²) in [6.45, 7) is 3.34. The van der Waals surface area contributed by atoms with Gasteiger partial charge in [-0.1, -0.05) is 25.1 Å². The van der Waals surface area contributed by atoms with Gasteiger partial charge in [-0.2, -0.15) is 0 Å². The van der Waals surface area contributed by atoms with Gasteiger partial charge in [0, 0.05) is 5.69 Å². The summed E-state index contributed by atoms with van der Waals surface area (Å²) in [5.41, 5.74) is 0.589. The lowest BCUT2D eigenvalue weighted by atomic mass is 10.2. The molecule has 2 rings (SSSR count). The van der Waals surface area contributed by atoms with E-state index in [1.54, 1.807) is 43.5 Å². The fraction of sp³-hybridized carbons (Fsp3) is 0.300. The Kier molecular flexibility index (Phi) is 7.02. The molecule has 2 atom stereocenters. The lowest BCUT2D eigenvalue weighted by Crippen LogP contribution is -2.36. The molecular weight excluding hydrogens is 334 g/mol. The van der Waals surface area contributed by atoms with E-state index >= 15 is 0 Å². The zero-order chi connectivity index (χ0) is 18.9. The number of para-hydroxylation sites is 1. The maximum atomic E-state index is 12.3. The molecule has 2 aromatic rings. The molecule has 0 unspecified atom stereocenters. The second kappa shape index (κ2) is 9.46. The van der Waals surface area contributed by atoms with Crippen LogP contribution in [0.3, 0.4) is 0 Å². The number of benzene rings is 2. The summed E-state index contributed by atoms with van der Waals surface area (Å²) >= 11 is 0. The summed E-state index contributed by atoms with van der Waals surface area (Å²) in [4.78, 5) is 24.5. The zero-order valence-electron chi connectivity index (χ0n) is 15.1. The molecule has 0 heterocycles. The molecule has 0 aliphatic carbocycles. The van der Waals surface area contributed by atoms with Crippen molar-refractivity contribution < 1.29 is 23.8 Å². The van der Waals surface area contributed by atoms with Crippen molar-refractivity contribution in [3.63, 3.8) is 0 Å². The molecule has 6 nitrogen and oxygen atoms in total. The van der Waals surface area contributed by atoms with Crippen LogP contribution in [-0.4, -0.2) is 31.2 Å². The van der Waals surface area contributed by atoms with E-state index in [1.165, 1.54) is 6.92 Å². The first-order valence-electron chi connectivity index (χ1n) is 8.40. The minimum Gasteiger partial charge on any atom is -0.497 e. The summed E-state index contributed by atoms with van der Waals surface area (Å²) < 4.78 is 15.9. The number of carbonyl (C=O) groups is 2. The fourth-order valence-corrected chi connectivity index (χ4v) is 2.18. The van der Waals surface area contributed by atoms with Crippen molar-refractivity contribution in [1.82, 2.24) is 0 Å². The Labute approximate surface area is 153 Å². The minimum absolute atomic E-state index is 0.418. The molecule has 0 saturated heterocycles. The van der Waals surface area contributed by atoms with Crippen molar-refractivity contribution in [1.29, 1.82) is 0 Å². The topological polar surface area (TPSA) is 73.9 Å². The van der Waals surface area contributed by atoms with Gasteiger partial charge in [0.15, 0.2) is 12.2 Å². The molecule has 6 heteroatoms. The van der Waals surface area contributed by atoms with Gasteiger partial charge in [0.25, 0.3) is 5.91 Å². The monoisotopic (exact) mass is 357 g/mol. The van der Waals surface area contributed by atoms with Crippen LogP contribution in [0.25, 0.3) is 0 Å². The Morgan fingerprint density at radius 3 is 2.23 bits per heavy atom. The van der Waals surface area contributed by atoms with Crippen LogP contribution in [0.15, 0.2) is 54.6 Å². The highest BCUT2D eigenvalue weighted by Gasteiger charge is 2.25. The van der Waals surface area contributed by atoms with Gasteiger partial charge in [0.05, 0.1) is 7.11 Å². The lowest BCUT2D eigenvalue weighted by Gasteiger charge is -2.19. The van der Waals surface area contributed by atoms with Crippen LogP contribution in [0.5, 0.6) is 11.5 Å². The predicted octanol–water partition coefficient (Wildman–Crippen LogP) is 3.42. The SMILES string of the molecule is CC[C@@H](Oc1ccccc1)C(=O)O[C@H](C)C(=O)Nc1ccc(OC)cc1. The van der Waals surface area contributed by atoms with Crippen molar-refractivity contribution in [2.75, 3.05) is 12.4 Å². The third-order valence-corrected chi connectivity index (χ3v) is 3.67. The molecule has 0 aliphatic rings. The minimum atomic E-state index is -0.946. The number of hydrogen-bond acceptors (Lipinski definition) is 5. The molecule has 1 N–H and O–H groups in total. The number of anilines is 1. The second-order valence-corrected chi connectivity index (χ2v) is 5.62. The van der Waals surface area contributed by atoms with E-state index in [1.807, 2.05) is 25.1 Å². The molecule has 0 saturated carbocycles. The number of carbonyl (C=O) groups excluding carboxylic acids is 2. The maximum absolute atomic E-state index is 12.3. The first-order chi connectivity index (χ1) is 12.5.